The number of carboxylic acid groups (broad SMARTS) is 1. The molecular weight excluding hydrogens is 342 g/mol. The van der Waals surface area contributed by atoms with E-state index in [1.165, 1.54) is 22.9 Å². The Balaban J connectivity index is 2.01. The molecule has 6 N–H and O–H groups in total. The van der Waals surface area contributed by atoms with E-state index in [4.69, 9.17) is 5.73 Å². The van der Waals surface area contributed by atoms with Gasteiger partial charge >= 0.3 is 5.97 Å². The van der Waals surface area contributed by atoms with Crippen molar-refractivity contribution in [3.63, 3.8) is 0 Å². The second-order valence-corrected chi connectivity index (χ2v) is 5.77. The highest BCUT2D eigenvalue weighted by Gasteiger charge is 2.23. The minimum Gasteiger partial charge on any atom is -0.508 e. The number of benzene rings is 1. The summed E-state index contributed by atoms with van der Waals surface area (Å²) in [6.45, 7) is -0.0504. The lowest BCUT2D eigenvalue weighted by atomic mass is 10.1. The van der Waals surface area contributed by atoms with Crippen molar-refractivity contribution in [1.29, 1.82) is 0 Å². The Morgan fingerprint density at radius 2 is 1.81 bits per heavy atom. The molecule has 1 unspecified atom stereocenters. The van der Waals surface area contributed by atoms with Crippen LogP contribution in [0.1, 0.15) is 5.56 Å². The van der Waals surface area contributed by atoms with Crippen LogP contribution in [0.3, 0.4) is 0 Å². The van der Waals surface area contributed by atoms with Crippen LogP contribution in [0.2, 0.25) is 0 Å². The van der Waals surface area contributed by atoms with Crippen molar-refractivity contribution in [2.45, 2.75) is 25.0 Å². The largest absolute Gasteiger partial charge is 0.508 e. The first-order valence-corrected chi connectivity index (χ1v) is 7.72. The van der Waals surface area contributed by atoms with Crippen molar-refractivity contribution in [1.82, 2.24) is 9.88 Å². The fourth-order valence-corrected chi connectivity index (χ4v) is 2.28. The number of aromatic nitrogens is 1. The summed E-state index contributed by atoms with van der Waals surface area (Å²) < 4.78 is 1.36. The molecule has 0 saturated carbocycles. The Morgan fingerprint density at radius 3 is 2.38 bits per heavy atom. The molecule has 2 rings (SSSR count). The standard InChI is InChI=1S/C17H19N3O6/c18-12(8-20-6-5-14(22)15(23)9-20)16(24)19-13(17(25)26)7-10-1-3-11(21)4-2-10/h1-6,9,12-13,21,23H,7-8,18H2,(H,19,24)(H,25,26)/t12?,13-/m0/s1. The minimum absolute atomic E-state index is 0.0207. The lowest BCUT2D eigenvalue weighted by Gasteiger charge is -2.19. The van der Waals surface area contributed by atoms with E-state index in [9.17, 15) is 29.7 Å². The van der Waals surface area contributed by atoms with E-state index in [0.717, 1.165) is 12.3 Å². The van der Waals surface area contributed by atoms with Crippen LogP contribution in [-0.4, -0.2) is 43.8 Å². The van der Waals surface area contributed by atoms with Crippen LogP contribution < -0.4 is 16.5 Å². The Kier molecular flexibility index (Phi) is 5.97. The van der Waals surface area contributed by atoms with E-state index in [0.29, 0.717) is 5.56 Å². The number of nitrogens with zero attached hydrogens (tertiary/aromatic N) is 1. The summed E-state index contributed by atoms with van der Waals surface area (Å²) in [5, 5.41) is 30.3. The molecule has 2 aromatic rings. The van der Waals surface area contributed by atoms with Gasteiger partial charge in [0.15, 0.2) is 5.75 Å². The summed E-state index contributed by atoms with van der Waals surface area (Å²) in [5.74, 6) is -2.33. The van der Waals surface area contributed by atoms with Gasteiger partial charge in [-0.2, -0.15) is 0 Å². The van der Waals surface area contributed by atoms with Crippen molar-refractivity contribution in [3.05, 3.63) is 58.5 Å². The van der Waals surface area contributed by atoms with E-state index in [2.05, 4.69) is 5.32 Å². The highest BCUT2D eigenvalue weighted by atomic mass is 16.4. The SMILES string of the molecule is NC(Cn1ccc(=O)c(O)c1)C(=O)N[C@@H](Cc1ccc(O)cc1)C(=O)O. The quantitative estimate of drug-likeness (QED) is 0.441. The second-order valence-electron chi connectivity index (χ2n) is 5.77. The van der Waals surface area contributed by atoms with Gasteiger partial charge < -0.3 is 30.9 Å². The third-order valence-corrected chi connectivity index (χ3v) is 3.69. The molecule has 9 heteroatoms. The third kappa shape index (κ3) is 5.08. The third-order valence-electron chi connectivity index (χ3n) is 3.69. The molecule has 9 nitrogen and oxygen atoms in total. The van der Waals surface area contributed by atoms with Crippen molar-refractivity contribution in [2.75, 3.05) is 0 Å². The number of phenolic OH excluding ortho intramolecular Hbond substituents is 1. The number of amides is 1. The molecule has 0 aliphatic heterocycles. The summed E-state index contributed by atoms with van der Waals surface area (Å²) in [6.07, 6.45) is 2.52. The summed E-state index contributed by atoms with van der Waals surface area (Å²) >= 11 is 0. The lowest BCUT2D eigenvalue weighted by Crippen LogP contribution is -2.50. The number of carbonyl (C=O) groups is 2. The first-order chi connectivity index (χ1) is 12.3. The number of aromatic hydroxyl groups is 2. The molecule has 0 aliphatic rings. The average molecular weight is 361 g/mol. The maximum Gasteiger partial charge on any atom is 0.326 e. The van der Waals surface area contributed by atoms with Gasteiger partial charge in [0, 0.05) is 31.4 Å². The molecule has 1 aromatic carbocycles. The number of nitrogens with two attached hydrogens (primary N) is 1. The molecule has 1 aromatic heterocycles. The number of hydrogen-bond donors (Lipinski definition) is 5. The Bertz CT molecular complexity index is 846. The van der Waals surface area contributed by atoms with E-state index >= 15 is 0 Å². The average Bonchev–Trinajstić information content (AvgIpc) is 2.59. The smallest absolute Gasteiger partial charge is 0.326 e. The summed E-state index contributed by atoms with van der Waals surface area (Å²) in [7, 11) is 0. The van der Waals surface area contributed by atoms with Crippen LogP contribution in [0.15, 0.2) is 47.5 Å². The van der Waals surface area contributed by atoms with Gasteiger partial charge in [0.1, 0.15) is 17.8 Å². The molecule has 0 spiro atoms. The fraction of sp³-hybridized carbons (Fsp3) is 0.235. The zero-order valence-corrected chi connectivity index (χ0v) is 13.7. The maximum atomic E-state index is 12.2. The number of phenols is 1. The maximum absolute atomic E-state index is 12.2. The Hall–Kier alpha value is -3.33. The van der Waals surface area contributed by atoms with E-state index in [1.807, 2.05) is 0 Å². The van der Waals surface area contributed by atoms with Gasteiger partial charge in [-0.05, 0) is 17.7 Å². The van der Waals surface area contributed by atoms with Gasteiger partial charge in [-0.1, -0.05) is 12.1 Å². The molecule has 138 valence electrons. The highest BCUT2D eigenvalue weighted by molar-refractivity contribution is 5.86. The van der Waals surface area contributed by atoms with Crippen LogP contribution in [0, 0.1) is 0 Å². The van der Waals surface area contributed by atoms with E-state index in [1.54, 1.807) is 12.1 Å². The zero-order chi connectivity index (χ0) is 19.3. The predicted molar refractivity (Wildman–Crippen MR) is 91.7 cm³/mol. The molecule has 0 saturated heterocycles. The number of aliphatic carboxylic acids is 1. The van der Waals surface area contributed by atoms with Crippen LogP contribution in [0.4, 0.5) is 0 Å². The van der Waals surface area contributed by atoms with Crippen molar-refractivity contribution in [2.24, 2.45) is 5.73 Å². The van der Waals surface area contributed by atoms with Crippen molar-refractivity contribution >= 4 is 11.9 Å². The monoisotopic (exact) mass is 361 g/mol. The molecule has 1 amide bonds. The number of carboxylic acids is 1. The van der Waals surface area contributed by atoms with Gasteiger partial charge in [-0.15, -0.1) is 0 Å². The summed E-state index contributed by atoms with van der Waals surface area (Å²) in [5.41, 5.74) is 5.84. The first kappa shape index (κ1) is 19.0. The van der Waals surface area contributed by atoms with Gasteiger partial charge in [0.25, 0.3) is 0 Å². The zero-order valence-electron chi connectivity index (χ0n) is 13.7. The normalized spacial score (nSPS) is 13.0. The van der Waals surface area contributed by atoms with Crippen LogP contribution in [0.5, 0.6) is 11.5 Å². The van der Waals surface area contributed by atoms with Gasteiger partial charge in [-0.25, -0.2) is 4.79 Å². The first-order valence-electron chi connectivity index (χ1n) is 7.72. The van der Waals surface area contributed by atoms with Crippen molar-refractivity contribution < 1.29 is 24.9 Å². The molecule has 1 heterocycles. The fourth-order valence-electron chi connectivity index (χ4n) is 2.28. The van der Waals surface area contributed by atoms with Crippen LogP contribution in [-0.2, 0) is 22.6 Å². The number of nitrogens with one attached hydrogen (secondary N) is 1. The predicted octanol–water partition coefficient (Wildman–Crippen LogP) is -0.601. The minimum atomic E-state index is -1.22. The number of hydrogen-bond acceptors (Lipinski definition) is 6. The van der Waals surface area contributed by atoms with Crippen LogP contribution >= 0.6 is 0 Å². The molecule has 2 atom stereocenters. The number of pyridine rings is 1. The molecule has 0 radical (unpaired) electrons. The lowest BCUT2D eigenvalue weighted by molar-refractivity contribution is -0.142. The Labute approximate surface area is 148 Å². The topological polar surface area (TPSA) is 155 Å². The second kappa shape index (κ2) is 8.17. The number of rotatable bonds is 7. The van der Waals surface area contributed by atoms with E-state index in [-0.39, 0.29) is 18.7 Å². The molecule has 0 fully saturated rings. The van der Waals surface area contributed by atoms with Crippen molar-refractivity contribution in [3.8, 4) is 11.5 Å². The van der Waals surface area contributed by atoms with E-state index < -0.39 is 35.1 Å². The summed E-state index contributed by atoms with van der Waals surface area (Å²) in [4.78, 5) is 34.7. The van der Waals surface area contributed by atoms with Crippen LogP contribution in [0.25, 0.3) is 0 Å². The molecule has 0 bridgehead atoms. The van der Waals surface area contributed by atoms with Gasteiger partial charge in [0.2, 0.25) is 11.3 Å². The van der Waals surface area contributed by atoms with Gasteiger partial charge in [-0.3, -0.25) is 9.59 Å². The highest BCUT2D eigenvalue weighted by Crippen LogP contribution is 2.11. The summed E-state index contributed by atoms with van der Waals surface area (Å²) in [6, 6.07) is 4.81. The Morgan fingerprint density at radius 1 is 1.15 bits per heavy atom. The number of carbonyl (C=O) groups excluding carboxylic acids is 1. The van der Waals surface area contributed by atoms with Gasteiger partial charge in [0.05, 0.1) is 0 Å². The molecule has 26 heavy (non-hydrogen) atoms. The molecular formula is C17H19N3O6. The molecule has 0 aliphatic carbocycles.